The summed E-state index contributed by atoms with van der Waals surface area (Å²) >= 11 is 0. The number of carbonyl (C=O) groups is 2. The molecule has 1 aliphatic heterocycles. The van der Waals surface area contributed by atoms with Gasteiger partial charge in [0.2, 0.25) is 5.91 Å². The number of nitrogens with zero attached hydrogens (tertiary/aromatic N) is 1. The summed E-state index contributed by atoms with van der Waals surface area (Å²) in [6, 6.07) is 15.2. The molecule has 188 valence electrons. The minimum atomic E-state index is -1.21. The van der Waals surface area contributed by atoms with Gasteiger partial charge in [0.05, 0.1) is 6.61 Å². The van der Waals surface area contributed by atoms with Crippen molar-refractivity contribution in [3.63, 3.8) is 0 Å². The van der Waals surface area contributed by atoms with E-state index >= 15 is 0 Å². The molecule has 0 saturated carbocycles. The van der Waals surface area contributed by atoms with Crippen molar-refractivity contribution in [1.29, 1.82) is 0 Å². The van der Waals surface area contributed by atoms with Crippen molar-refractivity contribution in [2.24, 2.45) is 0 Å². The quantitative estimate of drug-likeness (QED) is 0.218. The van der Waals surface area contributed by atoms with E-state index in [1.54, 1.807) is 17.0 Å². The monoisotopic (exact) mass is 496 g/mol. The lowest BCUT2D eigenvalue weighted by Crippen LogP contribution is -2.25. The third-order valence-corrected chi connectivity index (χ3v) is 6.28. The Morgan fingerprint density at radius 3 is 2.53 bits per heavy atom. The number of unbranched alkanes of at least 4 members (excludes halogenated alkanes) is 2. The van der Waals surface area contributed by atoms with E-state index in [4.69, 9.17) is 4.84 Å². The molecule has 0 radical (unpaired) electrons. The fraction of sp³-hybridized carbons (Fsp3) is 0.286. The molecule has 2 amide bonds. The molecule has 0 spiro atoms. The fourth-order valence-corrected chi connectivity index (χ4v) is 4.22. The van der Waals surface area contributed by atoms with Gasteiger partial charge in [-0.2, -0.15) is 0 Å². The molecule has 0 atom stereocenters. The molecule has 0 saturated heterocycles. The lowest BCUT2D eigenvalue weighted by atomic mass is 9.98. The molecule has 4 rings (SSSR count). The van der Waals surface area contributed by atoms with E-state index in [0.717, 1.165) is 18.1 Å². The molecule has 3 aromatic rings. The van der Waals surface area contributed by atoms with Crippen LogP contribution in [0.4, 0.5) is 13.2 Å². The number of carbonyl (C=O) groups excluding carboxylic acids is 2. The molecule has 0 aliphatic carbocycles. The average molecular weight is 497 g/mol. The predicted molar refractivity (Wildman–Crippen MR) is 129 cm³/mol. The van der Waals surface area contributed by atoms with Gasteiger partial charge in [0, 0.05) is 36.2 Å². The standard InChI is InChI=1S/C28H27F3N2O3/c1-18-24(29)15-23(27(31)26(18)30)20-11-12-22-21(14-20)16-33(28(22)35)13-7-3-6-10-25(34)32-36-17-19-8-4-2-5-9-19/h2,4-5,8-9,11-12,14-15H,3,6-7,10,13,16-17H2,1H3,(H,32,34). The first kappa shape index (κ1) is 25.4. The molecule has 1 N–H and O–H groups in total. The zero-order chi connectivity index (χ0) is 25.7. The lowest BCUT2D eigenvalue weighted by molar-refractivity contribution is -0.134. The Morgan fingerprint density at radius 2 is 1.75 bits per heavy atom. The van der Waals surface area contributed by atoms with Gasteiger partial charge < -0.3 is 4.90 Å². The number of hydrogen-bond donors (Lipinski definition) is 1. The first-order chi connectivity index (χ1) is 17.3. The molecule has 8 heteroatoms. The van der Waals surface area contributed by atoms with Crippen LogP contribution >= 0.6 is 0 Å². The third kappa shape index (κ3) is 5.76. The maximum absolute atomic E-state index is 14.4. The van der Waals surface area contributed by atoms with Crippen LogP contribution in [0.2, 0.25) is 0 Å². The number of nitrogens with one attached hydrogen (secondary N) is 1. The van der Waals surface area contributed by atoms with Crippen molar-refractivity contribution in [3.8, 4) is 11.1 Å². The minimum absolute atomic E-state index is 0.134. The van der Waals surface area contributed by atoms with E-state index in [2.05, 4.69) is 5.48 Å². The van der Waals surface area contributed by atoms with Gasteiger partial charge in [0.25, 0.3) is 5.91 Å². The van der Waals surface area contributed by atoms with Crippen LogP contribution < -0.4 is 5.48 Å². The largest absolute Gasteiger partial charge is 0.334 e. The van der Waals surface area contributed by atoms with Crippen LogP contribution in [0.3, 0.4) is 0 Å². The fourth-order valence-electron chi connectivity index (χ4n) is 4.22. The van der Waals surface area contributed by atoms with Gasteiger partial charge in [-0.15, -0.1) is 0 Å². The molecule has 0 unspecified atom stereocenters. The van der Waals surface area contributed by atoms with Crippen LogP contribution in [-0.2, 0) is 22.8 Å². The summed E-state index contributed by atoms with van der Waals surface area (Å²) in [6.07, 6.45) is 2.45. The highest BCUT2D eigenvalue weighted by molar-refractivity contribution is 5.99. The van der Waals surface area contributed by atoms with Gasteiger partial charge in [0.15, 0.2) is 11.6 Å². The van der Waals surface area contributed by atoms with E-state index in [9.17, 15) is 22.8 Å². The molecule has 3 aromatic carbocycles. The molecule has 0 aromatic heterocycles. The summed E-state index contributed by atoms with van der Waals surface area (Å²) in [7, 11) is 0. The molecule has 0 bridgehead atoms. The zero-order valence-electron chi connectivity index (χ0n) is 20.0. The number of hydrogen-bond acceptors (Lipinski definition) is 3. The van der Waals surface area contributed by atoms with Crippen LogP contribution in [0.5, 0.6) is 0 Å². The second kappa shape index (κ2) is 11.4. The molecule has 5 nitrogen and oxygen atoms in total. The van der Waals surface area contributed by atoms with Crippen LogP contribution in [0, 0.1) is 24.4 Å². The number of amides is 2. The Kier molecular flexibility index (Phi) is 8.05. The van der Waals surface area contributed by atoms with Gasteiger partial charge in [0.1, 0.15) is 5.82 Å². The second-order valence-corrected chi connectivity index (χ2v) is 8.87. The number of fused-ring (bicyclic) bond motifs is 1. The third-order valence-electron chi connectivity index (χ3n) is 6.28. The van der Waals surface area contributed by atoms with Gasteiger partial charge in [-0.3, -0.25) is 14.4 Å². The van der Waals surface area contributed by atoms with Crippen molar-refractivity contribution in [1.82, 2.24) is 10.4 Å². The topological polar surface area (TPSA) is 58.6 Å². The summed E-state index contributed by atoms with van der Waals surface area (Å²) in [5.74, 6) is -3.47. The van der Waals surface area contributed by atoms with Crippen LogP contribution in [-0.4, -0.2) is 23.3 Å². The van der Waals surface area contributed by atoms with E-state index in [1.165, 1.54) is 13.0 Å². The average Bonchev–Trinajstić information content (AvgIpc) is 3.20. The van der Waals surface area contributed by atoms with E-state index in [-0.39, 0.29) is 22.9 Å². The maximum Gasteiger partial charge on any atom is 0.254 e. The molecule has 36 heavy (non-hydrogen) atoms. The first-order valence-electron chi connectivity index (χ1n) is 11.9. The van der Waals surface area contributed by atoms with E-state index in [0.29, 0.717) is 55.6 Å². The Morgan fingerprint density at radius 1 is 0.972 bits per heavy atom. The van der Waals surface area contributed by atoms with Crippen LogP contribution in [0.15, 0.2) is 54.6 Å². The van der Waals surface area contributed by atoms with Gasteiger partial charge in [-0.25, -0.2) is 18.7 Å². The van der Waals surface area contributed by atoms with Gasteiger partial charge in [-0.05, 0) is 54.7 Å². The number of halogens is 3. The van der Waals surface area contributed by atoms with Gasteiger partial charge in [-0.1, -0.05) is 42.8 Å². The highest BCUT2D eigenvalue weighted by atomic mass is 19.2. The molecular weight excluding hydrogens is 469 g/mol. The van der Waals surface area contributed by atoms with E-state index < -0.39 is 17.5 Å². The smallest absolute Gasteiger partial charge is 0.254 e. The zero-order valence-corrected chi connectivity index (χ0v) is 20.0. The minimum Gasteiger partial charge on any atom is -0.334 e. The Balaban J connectivity index is 1.23. The second-order valence-electron chi connectivity index (χ2n) is 8.87. The highest BCUT2D eigenvalue weighted by Gasteiger charge is 2.28. The Hall–Kier alpha value is -3.65. The van der Waals surface area contributed by atoms with E-state index in [1.807, 2.05) is 30.3 Å². The Labute approximate surface area is 207 Å². The Bertz CT molecular complexity index is 1260. The highest BCUT2D eigenvalue weighted by Crippen LogP contribution is 2.32. The summed E-state index contributed by atoms with van der Waals surface area (Å²) in [5.41, 5.74) is 4.37. The van der Waals surface area contributed by atoms with Crippen molar-refractivity contribution in [2.45, 2.75) is 45.8 Å². The van der Waals surface area contributed by atoms with Gasteiger partial charge >= 0.3 is 0 Å². The number of rotatable bonds is 10. The summed E-state index contributed by atoms with van der Waals surface area (Å²) in [5, 5.41) is 0. The van der Waals surface area contributed by atoms with Crippen molar-refractivity contribution < 1.29 is 27.6 Å². The molecule has 1 aliphatic rings. The summed E-state index contributed by atoms with van der Waals surface area (Å²) < 4.78 is 42.4. The summed E-state index contributed by atoms with van der Waals surface area (Å²) in [4.78, 5) is 31.5. The van der Waals surface area contributed by atoms with Crippen molar-refractivity contribution in [2.75, 3.05) is 6.54 Å². The van der Waals surface area contributed by atoms with Crippen LogP contribution in [0.1, 0.15) is 52.7 Å². The summed E-state index contributed by atoms with van der Waals surface area (Å²) in [6.45, 7) is 2.33. The lowest BCUT2D eigenvalue weighted by Gasteiger charge is -2.15. The molecule has 0 fully saturated rings. The number of hydroxylamine groups is 1. The SMILES string of the molecule is Cc1c(F)cc(-c2ccc3c(c2)CN(CCCCCC(=O)NOCc2ccccc2)C3=O)c(F)c1F. The number of benzene rings is 3. The maximum atomic E-state index is 14.4. The molecule has 1 heterocycles. The van der Waals surface area contributed by atoms with Crippen molar-refractivity contribution in [3.05, 3.63) is 94.3 Å². The molecular formula is C28H27F3N2O3. The predicted octanol–water partition coefficient (Wildman–Crippen LogP) is 5.84. The normalized spacial score (nSPS) is 12.7. The first-order valence-corrected chi connectivity index (χ1v) is 11.9. The van der Waals surface area contributed by atoms with Crippen LogP contribution in [0.25, 0.3) is 11.1 Å². The van der Waals surface area contributed by atoms with Crippen molar-refractivity contribution >= 4 is 11.8 Å².